The van der Waals surface area contributed by atoms with Gasteiger partial charge in [0.2, 0.25) is 0 Å². The number of nitrogens with one attached hydrogen (secondary N) is 1. The third-order valence-corrected chi connectivity index (χ3v) is 3.02. The van der Waals surface area contributed by atoms with Crippen LogP contribution in [-0.4, -0.2) is 30.7 Å². The molecule has 1 N–H and O–H groups in total. The van der Waals surface area contributed by atoms with E-state index in [0.29, 0.717) is 5.92 Å². The van der Waals surface area contributed by atoms with E-state index >= 15 is 0 Å². The Hall–Kier alpha value is -1.29. The fourth-order valence-corrected chi connectivity index (χ4v) is 1.69. The lowest BCUT2D eigenvalue weighted by Crippen LogP contribution is -2.38. The van der Waals surface area contributed by atoms with Crippen LogP contribution in [0.15, 0.2) is 24.3 Å². The first kappa shape index (κ1) is 14.8. The molecule has 0 aliphatic heterocycles. The number of thiocarbonyl (C=S) groups is 1. The summed E-state index contributed by atoms with van der Waals surface area (Å²) in [7, 11) is 3.67. The van der Waals surface area contributed by atoms with Crippen molar-refractivity contribution < 1.29 is 4.74 Å². The molecule has 0 saturated carbocycles. The van der Waals surface area contributed by atoms with Crippen molar-refractivity contribution in [1.82, 2.24) is 10.2 Å². The van der Waals surface area contributed by atoms with E-state index in [0.717, 1.165) is 24.0 Å². The number of methoxy groups -OCH3 is 1. The average Bonchev–Trinajstić information content (AvgIpc) is 2.36. The summed E-state index contributed by atoms with van der Waals surface area (Å²) in [6.07, 6.45) is 0. The van der Waals surface area contributed by atoms with Crippen molar-refractivity contribution in [3.8, 4) is 5.75 Å². The quantitative estimate of drug-likeness (QED) is 0.828. The van der Waals surface area contributed by atoms with Gasteiger partial charge < -0.3 is 15.0 Å². The Morgan fingerprint density at radius 3 is 2.78 bits per heavy atom. The number of rotatable bonds is 5. The van der Waals surface area contributed by atoms with Crippen molar-refractivity contribution in [3.63, 3.8) is 0 Å². The van der Waals surface area contributed by atoms with E-state index in [4.69, 9.17) is 17.0 Å². The number of nitrogens with zero attached hydrogens (tertiary/aromatic N) is 1. The predicted molar refractivity (Wildman–Crippen MR) is 79.9 cm³/mol. The van der Waals surface area contributed by atoms with Gasteiger partial charge in [0, 0.05) is 20.1 Å². The minimum Gasteiger partial charge on any atom is -0.497 e. The molecule has 0 spiro atoms. The smallest absolute Gasteiger partial charge is 0.168 e. The third kappa shape index (κ3) is 4.92. The molecule has 0 saturated heterocycles. The molecule has 0 aromatic heterocycles. The summed E-state index contributed by atoms with van der Waals surface area (Å²) in [5.41, 5.74) is 1.19. The summed E-state index contributed by atoms with van der Waals surface area (Å²) in [5.74, 6) is 1.47. The molecule has 0 bridgehead atoms. The minimum absolute atomic E-state index is 0.591. The van der Waals surface area contributed by atoms with Gasteiger partial charge in [0.05, 0.1) is 7.11 Å². The zero-order chi connectivity index (χ0) is 13.5. The van der Waals surface area contributed by atoms with Gasteiger partial charge in [-0.2, -0.15) is 0 Å². The normalized spacial score (nSPS) is 10.3. The van der Waals surface area contributed by atoms with E-state index < -0.39 is 0 Å². The molecule has 0 radical (unpaired) electrons. The molecular formula is C14H22N2OS. The third-order valence-electron chi connectivity index (χ3n) is 2.56. The molecule has 0 aliphatic rings. The van der Waals surface area contributed by atoms with Gasteiger partial charge in [-0.1, -0.05) is 26.0 Å². The van der Waals surface area contributed by atoms with Crippen LogP contribution in [-0.2, 0) is 6.54 Å². The highest BCUT2D eigenvalue weighted by Crippen LogP contribution is 2.13. The topological polar surface area (TPSA) is 24.5 Å². The zero-order valence-electron chi connectivity index (χ0n) is 11.6. The van der Waals surface area contributed by atoms with Gasteiger partial charge in [0.25, 0.3) is 0 Å². The lowest BCUT2D eigenvalue weighted by molar-refractivity contribution is 0.412. The Labute approximate surface area is 115 Å². The molecule has 0 heterocycles. The van der Waals surface area contributed by atoms with Gasteiger partial charge in [-0.15, -0.1) is 0 Å². The van der Waals surface area contributed by atoms with Crippen LogP contribution in [0.5, 0.6) is 5.75 Å². The van der Waals surface area contributed by atoms with E-state index in [1.165, 1.54) is 5.56 Å². The summed E-state index contributed by atoms with van der Waals surface area (Å²) >= 11 is 5.34. The molecule has 1 aromatic rings. The van der Waals surface area contributed by atoms with Gasteiger partial charge in [-0.3, -0.25) is 0 Å². The van der Waals surface area contributed by atoms with E-state index in [2.05, 4.69) is 25.2 Å². The molecule has 0 fully saturated rings. The summed E-state index contributed by atoms with van der Waals surface area (Å²) in [6.45, 7) is 6.01. The van der Waals surface area contributed by atoms with E-state index in [-0.39, 0.29) is 0 Å². The van der Waals surface area contributed by atoms with Crippen molar-refractivity contribution in [3.05, 3.63) is 29.8 Å². The Morgan fingerprint density at radius 2 is 2.17 bits per heavy atom. The molecule has 1 aromatic carbocycles. The molecule has 3 nitrogen and oxygen atoms in total. The Bertz CT molecular complexity index is 393. The molecule has 0 atom stereocenters. The van der Waals surface area contributed by atoms with Gasteiger partial charge >= 0.3 is 0 Å². The first-order valence-corrected chi connectivity index (χ1v) is 6.55. The summed E-state index contributed by atoms with van der Waals surface area (Å²) in [4.78, 5) is 2.03. The summed E-state index contributed by atoms with van der Waals surface area (Å²) in [5, 5.41) is 4.04. The van der Waals surface area contributed by atoms with E-state index in [9.17, 15) is 0 Å². The van der Waals surface area contributed by atoms with Gasteiger partial charge in [0.15, 0.2) is 5.11 Å². The van der Waals surface area contributed by atoms with Crippen molar-refractivity contribution in [2.24, 2.45) is 5.92 Å². The first-order valence-electron chi connectivity index (χ1n) is 6.14. The molecule has 18 heavy (non-hydrogen) atoms. The maximum absolute atomic E-state index is 5.34. The number of benzene rings is 1. The molecule has 0 amide bonds. The van der Waals surface area contributed by atoms with Crippen LogP contribution in [0.4, 0.5) is 0 Å². The fourth-order valence-electron chi connectivity index (χ4n) is 1.54. The number of hydrogen-bond donors (Lipinski definition) is 1. The molecule has 100 valence electrons. The van der Waals surface area contributed by atoms with E-state index in [1.54, 1.807) is 7.11 Å². The molecule has 0 aliphatic carbocycles. The maximum Gasteiger partial charge on any atom is 0.168 e. The Kier molecular flexibility index (Phi) is 5.92. The monoisotopic (exact) mass is 266 g/mol. The van der Waals surface area contributed by atoms with Crippen LogP contribution in [0.3, 0.4) is 0 Å². The standard InChI is InChI=1S/C14H22N2OS/c1-11(2)9-15-14(18)16(3)10-12-6-5-7-13(8-12)17-4/h5-8,11H,9-10H2,1-4H3,(H,15,18). The largest absolute Gasteiger partial charge is 0.497 e. The van der Waals surface area contributed by atoms with Crippen molar-refractivity contribution in [2.45, 2.75) is 20.4 Å². The van der Waals surface area contributed by atoms with Crippen LogP contribution in [0.25, 0.3) is 0 Å². The highest BCUT2D eigenvalue weighted by molar-refractivity contribution is 7.80. The number of hydrogen-bond acceptors (Lipinski definition) is 2. The molecule has 1 rings (SSSR count). The van der Waals surface area contributed by atoms with Crippen molar-refractivity contribution in [2.75, 3.05) is 20.7 Å². The van der Waals surface area contributed by atoms with Crippen molar-refractivity contribution >= 4 is 17.3 Å². The zero-order valence-corrected chi connectivity index (χ0v) is 12.4. The van der Waals surface area contributed by atoms with Gasteiger partial charge in [-0.25, -0.2) is 0 Å². The second-order valence-electron chi connectivity index (χ2n) is 4.79. The van der Waals surface area contributed by atoms with Crippen LogP contribution in [0.1, 0.15) is 19.4 Å². The molecule has 0 unspecified atom stereocenters. The number of ether oxygens (including phenoxy) is 1. The van der Waals surface area contributed by atoms with Gasteiger partial charge in [0.1, 0.15) is 5.75 Å². The van der Waals surface area contributed by atoms with Crippen LogP contribution < -0.4 is 10.1 Å². The SMILES string of the molecule is COc1cccc(CN(C)C(=S)NCC(C)C)c1. The van der Waals surface area contributed by atoms with Crippen LogP contribution in [0.2, 0.25) is 0 Å². The maximum atomic E-state index is 5.34. The minimum atomic E-state index is 0.591. The second-order valence-corrected chi connectivity index (χ2v) is 5.17. The Morgan fingerprint density at radius 1 is 1.44 bits per heavy atom. The summed E-state index contributed by atoms with van der Waals surface area (Å²) in [6, 6.07) is 8.04. The van der Waals surface area contributed by atoms with Crippen LogP contribution in [0, 0.1) is 5.92 Å². The fraction of sp³-hybridized carbons (Fsp3) is 0.500. The van der Waals surface area contributed by atoms with Crippen molar-refractivity contribution in [1.29, 1.82) is 0 Å². The van der Waals surface area contributed by atoms with E-state index in [1.807, 2.05) is 30.1 Å². The Balaban J connectivity index is 2.52. The average molecular weight is 266 g/mol. The molecular weight excluding hydrogens is 244 g/mol. The second kappa shape index (κ2) is 7.21. The summed E-state index contributed by atoms with van der Waals surface area (Å²) < 4.78 is 5.21. The van der Waals surface area contributed by atoms with Crippen LogP contribution >= 0.6 is 12.2 Å². The molecule has 4 heteroatoms. The highest BCUT2D eigenvalue weighted by atomic mass is 32.1. The van der Waals surface area contributed by atoms with Gasteiger partial charge in [-0.05, 0) is 35.8 Å². The highest BCUT2D eigenvalue weighted by Gasteiger charge is 2.06. The predicted octanol–water partition coefficient (Wildman–Crippen LogP) is 2.66. The lowest BCUT2D eigenvalue weighted by Gasteiger charge is -2.22. The first-order chi connectivity index (χ1) is 8.52. The lowest BCUT2D eigenvalue weighted by atomic mass is 10.2.